The number of aromatic nitrogens is 2. The minimum atomic E-state index is -0.491. The van der Waals surface area contributed by atoms with Crippen LogP contribution in [0, 0.1) is 6.92 Å². The topological polar surface area (TPSA) is 98.3 Å². The van der Waals surface area contributed by atoms with Crippen LogP contribution in [0.25, 0.3) is 11.0 Å². The summed E-state index contributed by atoms with van der Waals surface area (Å²) in [5.74, 6) is 0.276. The normalized spacial score (nSPS) is 14.7. The highest BCUT2D eigenvalue weighted by Gasteiger charge is 2.23. The van der Waals surface area contributed by atoms with Crippen LogP contribution in [0.3, 0.4) is 0 Å². The van der Waals surface area contributed by atoms with E-state index in [0.717, 1.165) is 42.5 Å². The number of aliphatic hydroxyl groups is 1. The maximum atomic E-state index is 12.9. The third-order valence-electron chi connectivity index (χ3n) is 5.63. The van der Waals surface area contributed by atoms with Gasteiger partial charge in [0, 0.05) is 35.8 Å². The number of halogens is 1. The lowest BCUT2D eigenvalue weighted by Crippen LogP contribution is -2.31. The zero-order chi connectivity index (χ0) is 22.0. The fourth-order valence-electron chi connectivity index (χ4n) is 3.95. The number of imidazole rings is 1. The van der Waals surface area contributed by atoms with Crippen molar-refractivity contribution >= 4 is 34.4 Å². The molecule has 0 aliphatic carbocycles. The Hall–Kier alpha value is -2.90. The lowest BCUT2D eigenvalue weighted by molar-refractivity contribution is 0.0791. The number of H-pyrrole nitrogens is 1. The Bertz CT molecular complexity index is 1120. The second kappa shape index (κ2) is 9.08. The molecule has 1 saturated heterocycles. The molecule has 3 aromatic rings. The average Bonchev–Trinajstić information content (AvgIpc) is 3.42. The lowest BCUT2D eigenvalue weighted by Gasteiger charge is -2.18. The van der Waals surface area contributed by atoms with E-state index in [1.54, 1.807) is 36.4 Å². The van der Waals surface area contributed by atoms with Crippen LogP contribution in [-0.2, 0) is 0 Å². The van der Waals surface area contributed by atoms with E-state index in [1.165, 1.54) is 0 Å². The van der Waals surface area contributed by atoms with Crippen molar-refractivity contribution in [3.63, 3.8) is 0 Å². The van der Waals surface area contributed by atoms with Gasteiger partial charge in [0.05, 0.1) is 17.1 Å². The van der Waals surface area contributed by atoms with E-state index >= 15 is 0 Å². The molecule has 0 spiro atoms. The van der Waals surface area contributed by atoms with E-state index in [4.69, 9.17) is 11.6 Å². The van der Waals surface area contributed by atoms with Crippen LogP contribution in [0.1, 0.15) is 57.4 Å². The molecule has 0 radical (unpaired) electrons. The number of aliphatic hydroxyl groups excluding tert-OH is 1. The quantitative estimate of drug-likeness (QED) is 0.545. The maximum Gasteiger partial charge on any atom is 0.254 e. The number of likely N-dealkylation sites (tertiary alicyclic amines) is 1. The Morgan fingerprint density at radius 2 is 2.00 bits per heavy atom. The zero-order valence-electron chi connectivity index (χ0n) is 17.3. The molecular formula is C23H25ClN4O3. The number of nitrogens with one attached hydrogen (secondary N) is 2. The van der Waals surface area contributed by atoms with Gasteiger partial charge in [-0.1, -0.05) is 11.6 Å². The van der Waals surface area contributed by atoms with E-state index in [-0.39, 0.29) is 18.4 Å². The van der Waals surface area contributed by atoms with Gasteiger partial charge in [-0.25, -0.2) is 4.98 Å². The second-order valence-corrected chi connectivity index (χ2v) is 8.29. The lowest BCUT2D eigenvalue weighted by atomic mass is 10.0. The van der Waals surface area contributed by atoms with Crippen molar-refractivity contribution in [2.75, 3.05) is 19.7 Å². The summed E-state index contributed by atoms with van der Waals surface area (Å²) >= 11 is 6.04. The van der Waals surface area contributed by atoms with Gasteiger partial charge in [0.15, 0.2) is 0 Å². The molecule has 1 aromatic heterocycles. The molecule has 162 valence electrons. The third-order valence-corrected chi connectivity index (χ3v) is 5.86. The number of amides is 2. The monoisotopic (exact) mass is 440 g/mol. The zero-order valence-corrected chi connectivity index (χ0v) is 18.1. The first-order valence-corrected chi connectivity index (χ1v) is 10.8. The van der Waals surface area contributed by atoms with Gasteiger partial charge in [-0.2, -0.15) is 0 Å². The molecule has 2 aromatic carbocycles. The van der Waals surface area contributed by atoms with E-state index in [0.29, 0.717) is 28.4 Å². The van der Waals surface area contributed by atoms with Crippen LogP contribution in [0.2, 0.25) is 5.02 Å². The van der Waals surface area contributed by atoms with E-state index in [2.05, 4.69) is 15.3 Å². The number of rotatable bonds is 6. The number of carbonyl (C=O) groups excluding carboxylic acids is 2. The predicted octanol–water partition coefficient (Wildman–Crippen LogP) is 3.61. The molecule has 0 unspecified atom stereocenters. The number of aryl methyl sites for hydroxylation is 1. The summed E-state index contributed by atoms with van der Waals surface area (Å²) in [6.45, 7) is 3.30. The van der Waals surface area contributed by atoms with Crippen molar-refractivity contribution in [1.29, 1.82) is 0 Å². The summed E-state index contributed by atoms with van der Waals surface area (Å²) in [4.78, 5) is 35.1. The van der Waals surface area contributed by atoms with Gasteiger partial charge in [0.25, 0.3) is 11.8 Å². The summed E-state index contributed by atoms with van der Waals surface area (Å²) in [7, 11) is 0. The van der Waals surface area contributed by atoms with Crippen LogP contribution in [0.5, 0.6) is 0 Å². The van der Waals surface area contributed by atoms with Crippen molar-refractivity contribution in [2.24, 2.45) is 0 Å². The molecular weight excluding hydrogens is 416 g/mol. The van der Waals surface area contributed by atoms with Crippen molar-refractivity contribution in [1.82, 2.24) is 20.2 Å². The molecule has 7 nitrogen and oxygen atoms in total. The largest absolute Gasteiger partial charge is 0.396 e. The Kier molecular flexibility index (Phi) is 6.25. The smallest absolute Gasteiger partial charge is 0.254 e. The van der Waals surface area contributed by atoms with Crippen molar-refractivity contribution < 1.29 is 14.7 Å². The number of hydrogen-bond acceptors (Lipinski definition) is 4. The third kappa shape index (κ3) is 4.57. The van der Waals surface area contributed by atoms with Crippen LogP contribution < -0.4 is 5.32 Å². The number of nitrogens with zero attached hydrogens (tertiary/aromatic N) is 2. The van der Waals surface area contributed by atoms with Crippen molar-refractivity contribution in [3.8, 4) is 0 Å². The summed E-state index contributed by atoms with van der Waals surface area (Å²) in [5.41, 5.74) is 3.34. The number of aromatic amines is 1. The highest BCUT2D eigenvalue weighted by molar-refractivity contribution is 6.31. The fourth-order valence-corrected chi connectivity index (χ4v) is 4.12. The molecule has 1 aliphatic rings. The summed E-state index contributed by atoms with van der Waals surface area (Å²) in [5, 5.41) is 13.0. The first kappa shape index (κ1) is 21.3. The SMILES string of the molecule is Cc1cc(C(=O)N[C@@H](CCO)c2nc3ccc(Cl)cc3[nH]2)ccc1C(=O)N1CCCC1. The van der Waals surface area contributed by atoms with Gasteiger partial charge in [-0.3, -0.25) is 9.59 Å². The standard InChI is InChI=1S/C23H25ClN4O3/c1-14-12-15(4-6-17(14)23(31)28-9-2-3-10-28)22(30)27-19(8-11-29)21-25-18-7-5-16(24)13-20(18)26-21/h4-7,12-13,19,29H,2-3,8-11H2,1H3,(H,25,26)(H,27,30)/t19-/m0/s1. The van der Waals surface area contributed by atoms with Gasteiger partial charge in [0.1, 0.15) is 5.82 Å². The summed E-state index contributed by atoms with van der Waals surface area (Å²) in [6, 6.07) is 9.94. The Labute approximate surface area is 185 Å². The molecule has 1 atom stereocenters. The van der Waals surface area contributed by atoms with Crippen molar-refractivity contribution in [3.05, 3.63) is 63.9 Å². The van der Waals surface area contributed by atoms with Crippen LogP contribution in [0.4, 0.5) is 0 Å². The highest BCUT2D eigenvalue weighted by atomic mass is 35.5. The Morgan fingerprint density at radius 1 is 1.23 bits per heavy atom. The van der Waals surface area contributed by atoms with Gasteiger partial charge < -0.3 is 20.3 Å². The molecule has 4 rings (SSSR count). The first-order chi connectivity index (χ1) is 15.0. The highest BCUT2D eigenvalue weighted by Crippen LogP contribution is 2.23. The molecule has 1 aliphatic heterocycles. The minimum Gasteiger partial charge on any atom is -0.396 e. The number of benzene rings is 2. The van der Waals surface area contributed by atoms with Crippen LogP contribution in [0.15, 0.2) is 36.4 Å². The predicted molar refractivity (Wildman–Crippen MR) is 119 cm³/mol. The Morgan fingerprint density at radius 3 is 2.71 bits per heavy atom. The van der Waals surface area contributed by atoms with Gasteiger partial charge in [-0.05, 0) is 68.1 Å². The van der Waals surface area contributed by atoms with Crippen LogP contribution in [-0.4, -0.2) is 51.5 Å². The van der Waals surface area contributed by atoms with Crippen molar-refractivity contribution in [2.45, 2.75) is 32.2 Å². The Balaban J connectivity index is 1.53. The molecule has 3 N–H and O–H groups in total. The van der Waals surface area contributed by atoms with Gasteiger partial charge in [-0.15, -0.1) is 0 Å². The molecule has 0 bridgehead atoms. The van der Waals surface area contributed by atoms with E-state index < -0.39 is 6.04 Å². The maximum absolute atomic E-state index is 12.9. The average molecular weight is 441 g/mol. The number of carbonyl (C=O) groups is 2. The first-order valence-electron chi connectivity index (χ1n) is 10.4. The second-order valence-electron chi connectivity index (χ2n) is 7.85. The summed E-state index contributed by atoms with van der Waals surface area (Å²) in [6.07, 6.45) is 2.38. The minimum absolute atomic E-state index is 0.0149. The molecule has 2 amide bonds. The van der Waals surface area contributed by atoms with E-state index in [1.807, 2.05) is 11.8 Å². The molecule has 31 heavy (non-hydrogen) atoms. The van der Waals surface area contributed by atoms with Crippen LogP contribution >= 0.6 is 11.6 Å². The summed E-state index contributed by atoms with van der Waals surface area (Å²) < 4.78 is 0. The van der Waals surface area contributed by atoms with Gasteiger partial charge in [0.2, 0.25) is 0 Å². The number of fused-ring (bicyclic) bond motifs is 1. The molecule has 0 saturated carbocycles. The van der Waals surface area contributed by atoms with Gasteiger partial charge >= 0.3 is 0 Å². The molecule has 8 heteroatoms. The fraction of sp³-hybridized carbons (Fsp3) is 0.348. The number of hydrogen-bond donors (Lipinski definition) is 3. The van der Waals surface area contributed by atoms with E-state index in [9.17, 15) is 14.7 Å². The molecule has 2 heterocycles. The molecule has 1 fully saturated rings.